The van der Waals surface area contributed by atoms with Gasteiger partial charge in [-0.25, -0.2) is 8.42 Å². The molecule has 2 rings (SSSR count). The summed E-state index contributed by atoms with van der Waals surface area (Å²) in [6, 6.07) is 11.7. The van der Waals surface area contributed by atoms with E-state index in [4.69, 9.17) is 4.74 Å². The first-order valence-corrected chi connectivity index (χ1v) is 10.4. The number of sulfonamides is 1. The zero-order valence-electron chi connectivity index (χ0n) is 16.3. The fourth-order valence-corrected chi connectivity index (χ4v) is 3.99. The van der Waals surface area contributed by atoms with Crippen LogP contribution in [0.2, 0.25) is 0 Å². The summed E-state index contributed by atoms with van der Waals surface area (Å²) in [5.74, 6) is -0.409. The number of hydrogen-bond acceptors (Lipinski definition) is 4. The van der Waals surface area contributed by atoms with Gasteiger partial charge < -0.3 is 10.1 Å². The van der Waals surface area contributed by atoms with Crippen molar-refractivity contribution in [1.29, 1.82) is 0 Å². The maximum Gasteiger partial charge on any atom is 0.247 e. The third-order valence-corrected chi connectivity index (χ3v) is 5.58. The molecular formula is C20H26N2O4S. The first-order chi connectivity index (χ1) is 12.6. The second kappa shape index (κ2) is 8.54. The van der Waals surface area contributed by atoms with E-state index in [1.165, 1.54) is 0 Å². The van der Waals surface area contributed by atoms with E-state index in [1.54, 1.807) is 38.3 Å². The molecule has 0 unspecified atom stereocenters. The molecule has 0 aromatic heterocycles. The molecule has 0 saturated carbocycles. The largest absolute Gasteiger partial charge is 0.380 e. The van der Waals surface area contributed by atoms with Gasteiger partial charge in [0, 0.05) is 12.8 Å². The number of anilines is 2. The van der Waals surface area contributed by atoms with E-state index in [9.17, 15) is 13.2 Å². The van der Waals surface area contributed by atoms with Crippen molar-refractivity contribution in [1.82, 2.24) is 0 Å². The Hall–Kier alpha value is -2.38. The molecular weight excluding hydrogens is 364 g/mol. The van der Waals surface area contributed by atoms with Gasteiger partial charge in [-0.2, -0.15) is 0 Å². The molecule has 0 radical (unpaired) electrons. The molecule has 0 aliphatic carbocycles. The molecule has 0 fully saturated rings. The summed E-state index contributed by atoms with van der Waals surface area (Å²) in [6.45, 7) is 5.86. The molecule has 0 heterocycles. The Labute approximate surface area is 161 Å². The normalized spacial score (nSPS) is 12.5. The van der Waals surface area contributed by atoms with Gasteiger partial charge in [0.1, 0.15) is 6.04 Å². The standard InChI is InChI=1S/C20H26N2O4S/c1-14-9-10-19(11-15(14)2)22(27(5,24)25)16(3)20(23)21-18-8-6-7-17(12-18)13-26-4/h6-12,16H,13H2,1-5H3,(H,21,23)/t16-/m0/s1. The van der Waals surface area contributed by atoms with Crippen LogP contribution in [0, 0.1) is 13.8 Å². The summed E-state index contributed by atoms with van der Waals surface area (Å²) in [7, 11) is -2.05. The van der Waals surface area contributed by atoms with Gasteiger partial charge in [0.2, 0.25) is 15.9 Å². The number of carbonyl (C=O) groups excluding carboxylic acids is 1. The van der Waals surface area contributed by atoms with Gasteiger partial charge in [0.05, 0.1) is 18.6 Å². The lowest BCUT2D eigenvalue weighted by molar-refractivity contribution is -0.116. The van der Waals surface area contributed by atoms with E-state index in [0.29, 0.717) is 18.0 Å². The third kappa shape index (κ3) is 5.30. The third-order valence-electron chi connectivity index (χ3n) is 4.34. The molecule has 1 amide bonds. The number of methoxy groups -OCH3 is 1. The predicted molar refractivity (Wildman–Crippen MR) is 108 cm³/mol. The fourth-order valence-electron chi connectivity index (χ4n) is 2.82. The molecule has 0 saturated heterocycles. The van der Waals surface area contributed by atoms with Crippen LogP contribution in [0.3, 0.4) is 0 Å². The number of nitrogens with zero attached hydrogens (tertiary/aromatic N) is 1. The molecule has 0 spiro atoms. The average Bonchev–Trinajstić information content (AvgIpc) is 2.57. The summed E-state index contributed by atoms with van der Waals surface area (Å²) in [6.07, 6.45) is 1.10. The number of aryl methyl sites for hydroxylation is 2. The van der Waals surface area contributed by atoms with Crippen molar-refractivity contribution in [2.45, 2.75) is 33.4 Å². The Bertz CT molecular complexity index is 925. The van der Waals surface area contributed by atoms with Gasteiger partial charge in [-0.1, -0.05) is 18.2 Å². The SMILES string of the molecule is COCc1cccc(NC(=O)[C@H](C)N(c2ccc(C)c(C)c2)S(C)(=O)=O)c1. The molecule has 0 bridgehead atoms. The maximum atomic E-state index is 12.7. The number of amides is 1. The van der Waals surface area contributed by atoms with Crippen molar-refractivity contribution in [3.05, 3.63) is 59.2 Å². The highest BCUT2D eigenvalue weighted by Gasteiger charge is 2.29. The second-order valence-corrected chi connectivity index (χ2v) is 8.49. The van der Waals surface area contributed by atoms with Gasteiger partial charge in [0.15, 0.2) is 0 Å². The van der Waals surface area contributed by atoms with Crippen molar-refractivity contribution in [2.24, 2.45) is 0 Å². The number of rotatable bonds is 7. The van der Waals surface area contributed by atoms with Crippen LogP contribution in [0.25, 0.3) is 0 Å². The van der Waals surface area contributed by atoms with Crippen molar-refractivity contribution < 1.29 is 17.9 Å². The van der Waals surface area contributed by atoms with E-state index in [1.807, 2.05) is 32.0 Å². The van der Waals surface area contributed by atoms with Gasteiger partial charge >= 0.3 is 0 Å². The van der Waals surface area contributed by atoms with Crippen molar-refractivity contribution >= 4 is 27.3 Å². The molecule has 1 atom stereocenters. The Morgan fingerprint density at radius 1 is 1.15 bits per heavy atom. The highest BCUT2D eigenvalue weighted by Crippen LogP contribution is 2.24. The molecule has 146 valence electrons. The summed E-state index contributed by atoms with van der Waals surface area (Å²) in [5, 5.41) is 2.79. The van der Waals surface area contributed by atoms with Crippen LogP contribution in [-0.2, 0) is 26.2 Å². The zero-order chi connectivity index (χ0) is 20.2. The molecule has 27 heavy (non-hydrogen) atoms. The first-order valence-electron chi connectivity index (χ1n) is 8.59. The van der Waals surface area contributed by atoms with E-state index >= 15 is 0 Å². The molecule has 0 aliphatic rings. The van der Waals surface area contributed by atoms with Crippen LogP contribution >= 0.6 is 0 Å². The number of carbonyl (C=O) groups is 1. The summed E-state index contributed by atoms with van der Waals surface area (Å²) in [4.78, 5) is 12.7. The zero-order valence-corrected chi connectivity index (χ0v) is 17.1. The number of benzene rings is 2. The summed E-state index contributed by atoms with van der Waals surface area (Å²) < 4.78 is 31.0. The van der Waals surface area contributed by atoms with E-state index in [0.717, 1.165) is 27.3 Å². The Balaban J connectivity index is 2.29. The van der Waals surface area contributed by atoms with Crippen LogP contribution in [0.15, 0.2) is 42.5 Å². The Kier molecular flexibility index (Phi) is 6.62. The number of ether oxygens (including phenoxy) is 1. The smallest absolute Gasteiger partial charge is 0.247 e. The molecule has 6 nitrogen and oxygen atoms in total. The van der Waals surface area contributed by atoms with Crippen molar-refractivity contribution in [3.63, 3.8) is 0 Å². The van der Waals surface area contributed by atoms with Crippen LogP contribution in [0.5, 0.6) is 0 Å². The maximum absolute atomic E-state index is 12.7. The minimum Gasteiger partial charge on any atom is -0.380 e. The highest BCUT2D eigenvalue weighted by atomic mass is 32.2. The minimum atomic E-state index is -3.65. The van der Waals surface area contributed by atoms with Crippen molar-refractivity contribution in [2.75, 3.05) is 23.0 Å². The number of hydrogen-bond donors (Lipinski definition) is 1. The van der Waals surface area contributed by atoms with Crippen molar-refractivity contribution in [3.8, 4) is 0 Å². The van der Waals surface area contributed by atoms with Crippen LogP contribution in [0.4, 0.5) is 11.4 Å². The van der Waals surface area contributed by atoms with Crippen LogP contribution in [0.1, 0.15) is 23.6 Å². The monoisotopic (exact) mass is 390 g/mol. The highest BCUT2D eigenvalue weighted by molar-refractivity contribution is 7.92. The summed E-state index contributed by atoms with van der Waals surface area (Å²) >= 11 is 0. The Morgan fingerprint density at radius 2 is 1.85 bits per heavy atom. The van der Waals surface area contributed by atoms with E-state index in [2.05, 4.69) is 5.32 Å². The van der Waals surface area contributed by atoms with Gasteiger partial charge in [0.25, 0.3) is 0 Å². The molecule has 0 aliphatic heterocycles. The second-order valence-electron chi connectivity index (χ2n) is 6.63. The topological polar surface area (TPSA) is 75.7 Å². The average molecular weight is 391 g/mol. The van der Waals surface area contributed by atoms with Gasteiger partial charge in [-0.3, -0.25) is 9.10 Å². The van der Waals surface area contributed by atoms with E-state index in [-0.39, 0.29) is 0 Å². The Morgan fingerprint density at radius 3 is 2.44 bits per heavy atom. The lowest BCUT2D eigenvalue weighted by Crippen LogP contribution is -2.45. The quantitative estimate of drug-likeness (QED) is 0.787. The van der Waals surface area contributed by atoms with Gasteiger partial charge in [-0.05, 0) is 61.7 Å². The predicted octanol–water partition coefficient (Wildman–Crippen LogP) is 3.24. The van der Waals surface area contributed by atoms with Crippen LogP contribution < -0.4 is 9.62 Å². The summed E-state index contributed by atoms with van der Waals surface area (Å²) in [5.41, 5.74) is 3.99. The molecule has 1 N–H and O–H groups in total. The van der Waals surface area contributed by atoms with Gasteiger partial charge in [-0.15, -0.1) is 0 Å². The first kappa shape index (κ1) is 20.9. The minimum absolute atomic E-state index is 0.409. The van der Waals surface area contributed by atoms with Crippen LogP contribution in [-0.4, -0.2) is 33.7 Å². The fraction of sp³-hybridized carbons (Fsp3) is 0.350. The van der Waals surface area contributed by atoms with E-state index < -0.39 is 22.0 Å². The lowest BCUT2D eigenvalue weighted by Gasteiger charge is -2.28. The molecule has 7 heteroatoms. The molecule has 2 aromatic rings. The lowest BCUT2D eigenvalue weighted by atomic mass is 10.1. The number of nitrogens with one attached hydrogen (secondary N) is 1. The molecule has 2 aromatic carbocycles.